The van der Waals surface area contributed by atoms with Gasteiger partial charge < -0.3 is 4.57 Å². The summed E-state index contributed by atoms with van der Waals surface area (Å²) < 4.78 is 3.15. The van der Waals surface area contributed by atoms with Crippen LogP contribution in [0.2, 0.25) is 5.02 Å². The van der Waals surface area contributed by atoms with Gasteiger partial charge >= 0.3 is 0 Å². The molecule has 0 fully saturated rings. The van der Waals surface area contributed by atoms with Crippen LogP contribution >= 0.6 is 11.6 Å². The van der Waals surface area contributed by atoms with E-state index < -0.39 is 0 Å². The average molecular weight is 425 g/mol. The maximum atomic E-state index is 13.3. The van der Waals surface area contributed by atoms with Gasteiger partial charge in [-0.1, -0.05) is 48.9 Å². The highest BCUT2D eigenvalue weighted by Crippen LogP contribution is 2.22. The molecule has 4 rings (SSSR count). The molecule has 1 aromatic carbocycles. The number of hydrogen-bond acceptors (Lipinski definition) is 3. The number of nitrogens with one attached hydrogen (secondary N) is 1. The molecule has 0 atom stereocenters. The third-order valence-corrected chi connectivity index (χ3v) is 5.84. The summed E-state index contributed by atoms with van der Waals surface area (Å²) in [7, 11) is 0. The molecule has 6 nitrogen and oxygen atoms in total. The van der Waals surface area contributed by atoms with Crippen molar-refractivity contribution in [3.63, 3.8) is 0 Å². The first kappa shape index (κ1) is 20.4. The van der Waals surface area contributed by atoms with Crippen LogP contribution in [0.1, 0.15) is 26.0 Å². The Labute approximate surface area is 179 Å². The molecule has 7 heteroatoms. The van der Waals surface area contributed by atoms with E-state index in [2.05, 4.69) is 35.2 Å². The van der Waals surface area contributed by atoms with Crippen molar-refractivity contribution in [3.05, 3.63) is 85.6 Å². The van der Waals surface area contributed by atoms with Gasteiger partial charge in [0.25, 0.3) is 11.1 Å². The summed E-state index contributed by atoms with van der Waals surface area (Å²) >= 11 is 6.30. The SMILES string of the molecule is C/C=C(\C=C/CC)CN1CCn2c(c3c(=O)n(-c4ccccc4Cl)[nH]c3cc2=O)C1. The van der Waals surface area contributed by atoms with Crippen LogP contribution in [0, 0.1) is 0 Å². The summed E-state index contributed by atoms with van der Waals surface area (Å²) in [5.74, 6) is 0. The molecule has 1 N–H and O–H groups in total. The zero-order valence-electron chi connectivity index (χ0n) is 17.2. The quantitative estimate of drug-likeness (QED) is 0.632. The Balaban J connectivity index is 1.79. The number of rotatable bonds is 5. The van der Waals surface area contributed by atoms with Crippen molar-refractivity contribution in [2.45, 2.75) is 33.4 Å². The molecule has 0 saturated heterocycles. The number of pyridine rings is 1. The highest BCUT2D eigenvalue weighted by Gasteiger charge is 2.24. The van der Waals surface area contributed by atoms with Gasteiger partial charge in [-0.3, -0.25) is 19.6 Å². The molecule has 30 heavy (non-hydrogen) atoms. The number of fused-ring (bicyclic) bond motifs is 3. The molecular weight excluding hydrogens is 400 g/mol. The van der Waals surface area contributed by atoms with E-state index >= 15 is 0 Å². The van der Waals surface area contributed by atoms with Gasteiger partial charge in [0, 0.05) is 32.2 Å². The van der Waals surface area contributed by atoms with Gasteiger partial charge in [0.05, 0.1) is 27.3 Å². The molecule has 0 aliphatic carbocycles. The second-order valence-corrected chi connectivity index (χ2v) is 7.87. The zero-order valence-corrected chi connectivity index (χ0v) is 17.9. The monoisotopic (exact) mass is 424 g/mol. The molecular formula is C23H25ClN4O2. The topological polar surface area (TPSA) is 63.0 Å². The highest BCUT2D eigenvalue weighted by atomic mass is 35.5. The highest BCUT2D eigenvalue weighted by molar-refractivity contribution is 6.32. The van der Waals surface area contributed by atoms with Gasteiger partial charge in [0.1, 0.15) is 0 Å². The van der Waals surface area contributed by atoms with Crippen LogP contribution in [0.5, 0.6) is 0 Å². The number of aromatic amines is 1. The molecule has 3 heterocycles. The molecule has 0 saturated carbocycles. The molecule has 0 unspecified atom stereocenters. The molecule has 1 aliphatic rings. The lowest BCUT2D eigenvalue weighted by molar-refractivity contribution is 0.238. The fourth-order valence-electron chi connectivity index (χ4n) is 3.95. The van der Waals surface area contributed by atoms with E-state index in [1.807, 2.05) is 19.1 Å². The minimum absolute atomic E-state index is 0.0955. The summed E-state index contributed by atoms with van der Waals surface area (Å²) in [6.45, 7) is 6.79. The third kappa shape index (κ3) is 3.68. The van der Waals surface area contributed by atoms with Crippen LogP contribution in [0.3, 0.4) is 0 Å². The van der Waals surface area contributed by atoms with Gasteiger partial charge in [0.15, 0.2) is 0 Å². The van der Waals surface area contributed by atoms with E-state index in [4.69, 9.17) is 11.6 Å². The van der Waals surface area contributed by atoms with Gasteiger partial charge in [-0.05, 0) is 31.1 Å². The standard InChI is InChI=1S/C23H25ClN4O2/c1-3-5-8-16(4-2)14-26-11-12-27-20(15-26)22-18(13-21(27)29)25-28(23(22)30)19-10-7-6-9-17(19)24/h4-10,13,25H,3,11-12,14-15H2,1-2H3/b8-5-,16-4+. The van der Waals surface area contributed by atoms with E-state index in [-0.39, 0.29) is 11.1 Å². The number of aromatic nitrogens is 3. The van der Waals surface area contributed by atoms with Crippen LogP contribution in [-0.2, 0) is 13.1 Å². The minimum atomic E-state index is -0.194. The Hall–Kier alpha value is -2.83. The summed E-state index contributed by atoms with van der Waals surface area (Å²) in [6.07, 6.45) is 7.38. The Morgan fingerprint density at radius 3 is 2.77 bits per heavy atom. The molecule has 2 aromatic heterocycles. The fourth-order valence-corrected chi connectivity index (χ4v) is 4.17. The molecule has 0 bridgehead atoms. The Bertz CT molecular complexity index is 1260. The normalized spacial score (nSPS) is 15.2. The van der Waals surface area contributed by atoms with Crippen molar-refractivity contribution in [1.29, 1.82) is 0 Å². The Kier molecular flexibility index (Phi) is 5.79. The van der Waals surface area contributed by atoms with Crippen molar-refractivity contribution in [2.24, 2.45) is 0 Å². The summed E-state index contributed by atoms with van der Waals surface area (Å²) in [5, 5.41) is 4.09. The van der Waals surface area contributed by atoms with Gasteiger partial charge in [0.2, 0.25) is 0 Å². The van der Waals surface area contributed by atoms with Crippen LogP contribution in [0.4, 0.5) is 0 Å². The van der Waals surface area contributed by atoms with E-state index in [1.54, 1.807) is 16.7 Å². The van der Waals surface area contributed by atoms with Gasteiger partial charge in [-0.15, -0.1) is 0 Å². The minimum Gasteiger partial charge on any atom is -0.309 e. The number of hydrogen-bond donors (Lipinski definition) is 1. The molecule has 0 amide bonds. The third-order valence-electron chi connectivity index (χ3n) is 5.52. The van der Waals surface area contributed by atoms with Crippen LogP contribution < -0.4 is 11.1 Å². The van der Waals surface area contributed by atoms with Crippen LogP contribution in [0.15, 0.2) is 63.7 Å². The summed E-state index contributed by atoms with van der Waals surface area (Å²) in [5.41, 5.74) is 2.80. The fraction of sp³-hybridized carbons (Fsp3) is 0.304. The van der Waals surface area contributed by atoms with Crippen molar-refractivity contribution in [3.8, 4) is 5.69 Å². The van der Waals surface area contributed by atoms with Crippen molar-refractivity contribution >= 4 is 22.5 Å². The second-order valence-electron chi connectivity index (χ2n) is 7.46. The first-order valence-electron chi connectivity index (χ1n) is 10.2. The smallest absolute Gasteiger partial charge is 0.280 e. The van der Waals surface area contributed by atoms with Crippen molar-refractivity contribution in [2.75, 3.05) is 13.1 Å². The van der Waals surface area contributed by atoms with Crippen molar-refractivity contribution < 1.29 is 0 Å². The number of allylic oxidation sites excluding steroid dienone is 2. The predicted molar refractivity (Wildman–Crippen MR) is 122 cm³/mol. The predicted octanol–water partition coefficient (Wildman–Crippen LogP) is 3.86. The Morgan fingerprint density at radius 1 is 1.23 bits per heavy atom. The van der Waals surface area contributed by atoms with Crippen LogP contribution in [-0.4, -0.2) is 32.3 Å². The van der Waals surface area contributed by atoms with E-state index in [1.165, 1.54) is 16.3 Å². The number of nitrogens with zero attached hydrogens (tertiary/aromatic N) is 3. The van der Waals surface area contributed by atoms with Crippen LogP contribution in [0.25, 0.3) is 16.6 Å². The zero-order chi connectivity index (χ0) is 21.3. The largest absolute Gasteiger partial charge is 0.309 e. The summed E-state index contributed by atoms with van der Waals surface area (Å²) in [6, 6.07) is 8.66. The van der Waals surface area contributed by atoms with Gasteiger partial charge in [-0.25, -0.2) is 4.68 Å². The van der Waals surface area contributed by atoms with Gasteiger partial charge in [-0.2, -0.15) is 0 Å². The molecule has 156 valence electrons. The Morgan fingerprint density at radius 2 is 2.03 bits per heavy atom. The summed E-state index contributed by atoms with van der Waals surface area (Å²) in [4.78, 5) is 28.3. The molecule has 1 aliphatic heterocycles. The first-order chi connectivity index (χ1) is 14.5. The van der Waals surface area contributed by atoms with E-state index in [0.717, 1.165) is 25.2 Å². The van der Waals surface area contributed by atoms with E-state index in [9.17, 15) is 9.59 Å². The number of para-hydroxylation sites is 1. The molecule has 0 spiro atoms. The maximum absolute atomic E-state index is 13.3. The average Bonchev–Trinajstić information content (AvgIpc) is 3.07. The first-order valence-corrected chi connectivity index (χ1v) is 10.6. The number of benzene rings is 1. The maximum Gasteiger partial charge on any atom is 0.280 e. The molecule has 0 radical (unpaired) electrons. The van der Waals surface area contributed by atoms with E-state index in [0.29, 0.717) is 34.7 Å². The lowest BCUT2D eigenvalue weighted by atomic mass is 10.1. The lowest BCUT2D eigenvalue weighted by Crippen LogP contribution is -2.40. The molecule has 3 aromatic rings. The van der Waals surface area contributed by atoms with Crippen molar-refractivity contribution in [1.82, 2.24) is 19.2 Å². The second kappa shape index (κ2) is 8.50. The number of H-pyrrole nitrogens is 1. The number of halogens is 1. The lowest BCUT2D eigenvalue weighted by Gasteiger charge is -2.30.